The molecule has 0 radical (unpaired) electrons. The number of aromatic amines is 1. The Morgan fingerprint density at radius 1 is 1.24 bits per heavy atom. The Bertz CT molecular complexity index is 808. The summed E-state index contributed by atoms with van der Waals surface area (Å²) in [6.45, 7) is 4.08. The molecule has 1 fully saturated rings. The maximum atomic E-state index is 12.7. The number of H-pyrrole nitrogens is 1. The molecule has 2 aromatic rings. The number of hydrogen-bond acceptors (Lipinski definition) is 3. The second-order valence-electron chi connectivity index (χ2n) is 6.35. The minimum atomic E-state index is -0.563. The summed E-state index contributed by atoms with van der Waals surface area (Å²) in [5.74, 6) is -0.604. The van der Waals surface area contributed by atoms with Crippen molar-refractivity contribution in [2.24, 2.45) is 0 Å². The molecule has 6 nitrogen and oxygen atoms in total. The summed E-state index contributed by atoms with van der Waals surface area (Å²) < 4.78 is 0. The predicted octanol–water partition coefficient (Wildman–Crippen LogP) is 2.45. The highest BCUT2D eigenvalue weighted by molar-refractivity contribution is 6.03. The number of hydrogen-bond donors (Lipinski definition) is 2. The van der Waals surface area contributed by atoms with Gasteiger partial charge in [-0.3, -0.25) is 14.4 Å². The molecule has 1 aliphatic heterocycles. The van der Waals surface area contributed by atoms with Crippen LogP contribution in [0, 0.1) is 6.92 Å². The SMILES string of the molecule is CC(=O)c1c[nH]c(C(=O)NC2CCCN(c3ccc(C)cc3)C2=O)c1. The number of amides is 2. The lowest BCUT2D eigenvalue weighted by atomic mass is 10.0. The minimum absolute atomic E-state index is 0.109. The molecule has 2 heterocycles. The zero-order valence-corrected chi connectivity index (χ0v) is 14.3. The molecule has 0 spiro atoms. The van der Waals surface area contributed by atoms with Crippen LogP contribution in [0.5, 0.6) is 0 Å². The van der Waals surface area contributed by atoms with Crippen LogP contribution in [0.3, 0.4) is 0 Å². The van der Waals surface area contributed by atoms with Crippen molar-refractivity contribution in [3.8, 4) is 0 Å². The molecular weight excluding hydrogens is 318 g/mol. The first-order chi connectivity index (χ1) is 12.0. The van der Waals surface area contributed by atoms with Crippen LogP contribution in [0.15, 0.2) is 36.5 Å². The van der Waals surface area contributed by atoms with E-state index in [1.54, 1.807) is 4.90 Å². The summed E-state index contributed by atoms with van der Waals surface area (Å²) in [7, 11) is 0. The molecule has 1 unspecified atom stereocenters. The van der Waals surface area contributed by atoms with E-state index >= 15 is 0 Å². The van der Waals surface area contributed by atoms with Gasteiger partial charge in [0.25, 0.3) is 5.91 Å². The van der Waals surface area contributed by atoms with Crippen LogP contribution in [-0.2, 0) is 4.79 Å². The van der Waals surface area contributed by atoms with Gasteiger partial charge in [0.2, 0.25) is 5.91 Å². The van der Waals surface area contributed by atoms with Gasteiger partial charge in [-0.05, 0) is 44.9 Å². The second-order valence-corrected chi connectivity index (χ2v) is 6.35. The Balaban J connectivity index is 1.71. The zero-order chi connectivity index (χ0) is 18.0. The van der Waals surface area contributed by atoms with Crippen LogP contribution >= 0.6 is 0 Å². The lowest BCUT2D eigenvalue weighted by Crippen LogP contribution is -2.52. The largest absolute Gasteiger partial charge is 0.356 e. The van der Waals surface area contributed by atoms with E-state index in [1.165, 1.54) is 19.2 Å². The summed E-state index contributed by atoms with van der Waals surface area (Å²) in [6.07, 6.45) is 2.92. The molecule has 2 amide bonds. The Morgan fingerprint density at radius 2 is 1.96 bits per heavy atom. The van der Waals surface area contributed by atoms with Crippen LogP contribution in [-0.4, -0.2) is 35.2 Å². The van der Waals surface area contributed by atoms with E-state index in [4.69, 9.17) is 0 Å². The summed E-state index contributed by atoms with van der Waals surface area (Å²) in [6, 6.07) is 8.71. The number of aryl methyl sites for hydroxylation is 1. The third-order valence-electron chi connectivity index (χ3n) is 4.42. The highest BCUT2D eigenvalue weighted by atomic mass is 16.2. The molecule has 0 saturated carbocycles. The number of nitrogens with one attached hydrogen (secondary N) is 2. The summed E-state index contributed by atoms with van der Waals surface area (Å²) in [4.78, 5) is 40.9. The molecule has 6 heteroatoms. The number of anilines is 1. The molecular formula is C19H21N3O3. The summed E-state index contributed by atoms with van der Waals surface area (Å²) >= 11 is 0. The fraction of sp³-hybridized carbons (Fsp3) is 0.316. The number of benzene rings is 1. The topological polar surface area (TPSA) is 82.3 Å². The molecule has 2 N–H and O–H groups in total. The lowest BCUT2D eigenvalue weighted by molar-refractivity contribution is -0.121. The smallest absolute Gasteiger partial charge is 0.268 e. The molecule has 1 aliphatic rings. The van der Waals surface area contributed by atoms with Crippen molar-refractivity contribution in [3.05, 3.63) is 53.3 Å². The van der Waals surface area contributed by atoms with E-state index in [0.29, 0.717) is 18.5 Å². The highest BCUT2D eigenvalue weighted by Gasteiger charge is 2.31. The fourth-order valence-electron chi connectivity index (χ4n) is 2.95. The van der Waals surface area contributed by atoms with Crippen molar-refractivity contribution in [2.45, 2.75) is 32.7 Å². The molecule has 1 saturated heterocycles. The van der Waals surface area contributed by atoms with E-state index in [2.05, 4.69) is 10.3 Å². The van der Waals surface area contributed by atoms with Crippen LogP contribution in [0.1, 0.15) is 46.2 Å². The number of ketones is 1. The molecule has 0 aliphatic carbocycles. The molecule has 25 heavy (non-hydrogen) atoms. The summed E-state index contributed by atoms with van der Waals surface area (Å²) in [5.41, 5.74) is 2.70. The lowest BCUT2D eigenvalue weighted by Gasteiger charge is -2.32. The third-order valence-corrected chi connectivity index (χ3v) is 4.42. The second kappa shape index (κ2) is 6.93. The number of aromatic nitrogens is 1. The third kappa shape index (κ3) is 3.63. The maximum Gasteiger partial charge on any atom is 0.268 e. The number of rotatable bonds is 4. The van der Waals surface area contributed by atoms with Gasteiger partial charge in [-0.25, -0.2) is 0 Å². The number of nitrogens with zero attached hydrogens (tertiary/aromatic N) is 1. The van der Waals surface area contributed by atoms with Gasteiger partial charge in [0.15, 0.2) is 5.78 Å². The molecule has 1 aromatic heterocycles. The van der Waals surface area contributed by atoms with Crippen molar-refractivity contribution < 1.29 is 14.4 Å². The Morgan fingerprint density at radius 3 is 2.60 bits per heavy atom. The van der Waals surface area contributed by atoms with Gasteiger partial charge < -0.3 is 15.2 Å². The predicted molar refractivity (Wildman–Crippen MR) is 94.8 cm³/mol. The number of carbonyl (C=O) groups excluding carboxylic acids is 3. The van der Waals surface area contributed by atoms with Crippen molar-refractivity contribution in [2.75, 3.05) is 11.4 Å². The van der Waals surface area contributed by atoms with Crippen LogP contribution in [0.4, 0.5) is 5.69 Å². The monoisotopic (exact) mass is 339 g/mol. The van der Waals surface area contributed by atoms with Crippen molar-refractivity contribution in [3.63, 3.8) is 0 Å². The molecule has 1 aromatic carbocycles. The Hall–Kier alpha value is -2.89. The van der Waals surface area contributed by atoms with Crippen LogP contribution < -0.4 is 10.2 Å². The fourth-order valence-corrected chi connectivity index (χ4v) is 2.95. The van der Waals surface area contributed by atoms with Gasteiger partial charge in [-0.15, -0.1) is 0 Å². The van der Waals surface area contributed by atoms with E-state index in [-0.39, 0.29) is 23.3 Å². The first-order valence-corrected chi connectivity index (χ1v) is 8.34. The minimum Gasteiger partial charge on any atom is -0.356 e. The van der Waals surface area contributed by atoms with Crippen LogP contribution in [0.25, 0.3) is 0 Å². The molecule has 1 atom stereocenters. The van der Waals surface area contributed by atoms with Gasteiger partial charge >= 0.3 is 0 Å². The zero-order valence-electron chi connectivity index (χ0n) is 14.3. The number of Topliss-reactive ketones (excluding diaryl/α,β-unsaturated/α-hetero) is 1. The molecule has 0 bridgehead atoms. The normalized spacial score (nSPS) is 17.4. The van der Waals surface area contributed by atoms with E-state index < -0.39 is 6.04 Å². The van der Waals surface area contributed by atoms with Gasteiger partial charge in [0.1, 0.15) is 11.7 Å². The van der Waals surface area contributed by atoms with E-state index in [1.807, 2.05) is 31.2 Å². The van der Waals surface area contributed by atoms with Crippen molar-refractivity contribution >= 4 is 23.3 Å². The van der Waals surface area contributed by atoms with Gasteiger partial charge in [0.05, 0.1) is 0 Å². The highest BCUT2D eigenvalue weighted by Crippen LogP contribution is 2.21. The average Bonchev–Trinajstić information content (AvgIpc) is 3.08. The molecule has 130 valence electrons. The van der Waals surface area contributed by atoms with Gasteiger partial charge in [-0.2, -0.15) is 0 Å². The van der Waals surface area contributed by atoms with Crippen molar-refractivity contribution in [1.82, 2.24) is 10.3 Å². The maximum absolute atomic E-state index is 12.7. The van der Waals surface area contributed by atoms with Crippen molar-refractivity contribution in [1.29, 1.82) is 0 Å². The first kappa shape index (κ1) is 17.0. The standard InChI is InChI=1S/C19H21N3O3/c1-12-5-7-15(8-6-12)22-9-3-4-16(19(22)25)21-18(24)17-10-14(11-20-17)13(2)23/h5-8,10-11,16,20H,3-4,9H2,1-2H3,(H,21,24). The summed E-state index contributed by atoms with van der Waals surface area (Å²) in [5, 5.41) is 2.78. The Labute approximate surface area is 146 Å². The van der Waals surface area contributed by atoms with Gasteiger partial charge in [0, 0.05) is 24.0 Å². The van der Waals surface area contributed by atoms with E-state index in [0.717, 1.165) is 17.7 Å². The first-order valence-electron chi connectivity index (χ1n) is 8.34. The average molecular weight is 339 g/mol. The van der Waals surface area contributed by atoms with Crippen LogP contribution in [0.2, 0.25) is 0 Å². The van der Waals surface area contributed by atoms with Gasteiger partial charge in [-0.1, -0.05) is 17.7 Å². The quantitative estimate of drug-likeness (QED) is 0.840. The Kier molecular flexibility index (Phi) is 4.70. The number of carbonyl (C=O) groups is 3. The number of piperidine rings is 1. The molecule has 3 rings (SSSR count). The van der Waals surface area contributed by atoms with E-state index in [9.17, 15) is 14.4 Å².